The normalized spacial score (nSPS) is 12.0. The van der Waals surface area contributed by atoms with Crippen LogP contribution in [0, 0.1) is 6.92 Å². The first-order valence-corrected chi connectivity index (χ1v) is 7.94. The van der Waals surface area contributed by atoms with Crippen LogP contribution in [0.4, 0.5) is 5.82 Å². The van der Waals surface area contributed by atoms with Crippen molar-refractivity contribution in [3.63, 3.8) is 0 Å². The average molecular weight is 327 g/mol. The van der Waals surface area contributed by atoms with Gasteiger partial charge in [0.25, 0.3) is 0 Å². The first kappa shape index (κ1) is 17.9. The number of hydrogen-bond acceptors (Lipinski definition) is 5. The number of carbonyl (C=O) groups excluding carboxylic acids is 1. The number of nitrogens with zero attached hydrogens (tertiary/aromatic N) is 4. The van der Waals surface area contributed by atoms with Crippen LogP contribution < -0.4 is 10.2 Å². The van der Waals surface area contributed by atoms with Gasteiger partial charge in [-0.25, -0.2) is 4.98 Å². The number of carbonyl (C=O) groups is 1. The molecule has 24 heavy (non-hydrogen) atoms. The molecule has 2 rings (SSSR count). The smallest absolute Gasteiger partial charge is 0.239 e. The predicted molar refractivity (Wildman–Crippen MR) is 95.9 cm³/mol. The summed E-state index contributed by atoms with van der Waals surface area (Å²) in [5.41, 5.74) is 2.42. The van der Waals surface area contributed by atoms with E-state index in [0.29, 0.717) is 12.4 Å². The van der Waals surface area contributed by atoms with Crippen molar-refractivity contribution in [2.45, 2.75) is 13.0 Å². The summed E-state index contributed by atoms with van der Waals surface area (Å²) in [6.07, 6.45) is 4.87. The second-order valence-corrected chi connectivity index (χ2v) is 6.11. The Bertz CT molecular complexity index is 642. The Hall–Kier alpha value is -2.47. The minimum atomic E-state index is -0.0397. The molecule has 128 valence electrons. The fraction of sp³-hybridized carbons (Fsp3) is 0.389. The molecule has 0 aliphatic carbocycles. The topological polar surface area (TPSA) is 61.4 Å². The monoisotopic (exact) mass is 327 g/mol. The maximum absolute atomic E-state index is 12.2. The molecule has 0 aliphatic heterocycles. The highest BCUT2D eigenvalue weighted by Gasteiger charge is 2.16. The molecule has 0 bridgehead atoms. The summed E-state index contributed by atoms with van der Waals surface area (Å²) >= 11 is 0. The maximum Gasteiger partial charge on any atom is 0.239 e. The van der Waals surface area contributed by atoms with Gasteiger partial charge in [0.1, 0.15) is 5.82 Å². The highest BCUT2D eigenvalue weighted by molar-refractivity contribution is 5.80. The third-order valence-electron chi connectivity index (χ3n) is 3.90. The predicted octanol–water partition coefficient (Wildman–Crippen LogP) is 1.64. The highest BCUT2D eigenvalue weighted by Crippen LogP contribution is 2.17. The SMILES string of the molecule is Cc1ccc(C(CNC(=O)CN(C)c2cnccn2)N(C)C)cc1. The molecular weight excluding hydrogens is 302 g/mol. The number of likely N-dealkylation sites (N-methyl/N-ethyl adjacent to an activating group) is 2. The van der Waals surface area contributed by atoms with E-state index >= 15 is 0 Å². The number of rotatable bonds is 7. The van der Waals surface area contributed by atoms with Crippen LogP contribution in [0.15, 0.2) is 42.9 Å². The highest BCUT2D eigenvalue weighted by atomic mass is 16.2. The molecule has 0 saturated carbocycles. The van der Waals surface area contributed by atoms with Crippen molar-refractivity contribution in [3.05, 3.63) is 54.0 Å². The van der Waals surface area contributed by atoms with Crippen LogP contribution in [0.3, 0.4) is 0 Å². The number of benzene rings is 1. The second kappa shape index (κ2) is 8.40. The molecule has 1 amide bonds. The molecule has 0 spiro atoms. The minimum absolute atomic E-state index is 0.0397. The lowest BCUT2D eigenvalue weighted by molar-refractivity contribution is -0.119. The van der Waals surface area contributed by atoms with Gasteiger partial charge in [0.15, 0.2) is 0 Å². The van der Waals surface area contributed by atoms with Gasteiger partial charge in [-0.05, 0) is 26.6 Å². The number of amides is 1. The lowest BCUT2D eigenvalue weighted by Gasteiger charge is -2.26. The number of aryl methyl sites for hydroxylation is 1. The van der Waals surface area contributed by atoms with Crippen molar-refractivity contribution >= 4 is 11.7 Å². The van der Waals surface area contributed by atoms with Crippen LogP contribution in [0.1, 0.15) is 17.2 Å². The number of anilines is 1. The van der Waals surface area contributed by atoms with Gasteiger partial charge >= 0.3 is 0 Å². The fourth-order valence-electron chi connectivity index (χ4n) is 2.44. The molecule has 0 radical (unpaired) electrons. The Balaban J connectivity index is 1.92. The van der Waals surface area contributed by atoms with Crippen molar-refractivity contribution in [1.82, 2.24) is 20.2 Å². The van der Waals surface area contributed by atoms with E-state index in [4.69, 9.17) is 0 Å². The lowest BCUT2D eigenvalue weighted by atomic mass is 10.0. The van der Waals surface area contributed by atoms with Crippen LogP contribution in [-0.4, -0.2) is 55.0 Å². The Morgan fingerprint density at radius 1 is 1.17 bits per heavy atom. The first-order chi connectivity index (χ1) is 11.5. The van der Waals surface area contributed by atoms with E-state index in [1.807, 2.05) is 21.1 Å². The van der Waals surface area contributed by atoms with Gasteiger partial charge in [0.05, 0.1) is 18.8 Å². The molecule has 6 nitrogen and oxygen atoms in total. The average Bonchev–Trinajstić information content (AvgIpc) is 2.57. The van der Waals surface area contributed by atoms with Crippen molar-refractivity contribution < 1.29 is 4.79 Å². The van der Waals surface area contributed by atoms with E-state index in [0.717, 1.165) is 0 Å². The molecule has 1 heterocycles. The van der Waals surface area contributed by atoms with Crippen molar-refractivity contribution in [1.29, 1.82) is 0 Å². The van der Waals surface area contributed by atoms with Crippen LogP contribution >= 0.6 is 0 Å². The Morgan fingerprint density at radius 2 is 1.88 bits per heavy atom. The summed E-state index contributed by atoms with van der Waals surface area (Å²) in [6, 6.07) is 8.54. The number of aromatic nitrogens is 2. The molecule has 6 heteroatoms. The number of nitrogens with one attached hydrogen (secondary N) is 1. The van der Waals surface area contributed by atoms with Crippen molar-refractivity contribution in [3.8, 4) is 0 Å². The summed E-state index contributed by atoms with van der Waals surface area (Å²) in [5, 5.41) is 3.01. The molecule has 1 atom stereocenters. The minimum Gasteiger partial charge on any atom is -0.353 e. The van der Waals surface area contributed by atoms with E-state index in [-0.39, 0.29) is 18.5 Å². The zero-order valence-corrected chi connectivity index (χ0v) is 14.7. The summed E-state index contributed by atoms with van der Waals surface area (Å²) in [7, 11) is 5.86. The van der Waals surface area contributed by atoms with E-state index in [2.05, 4.69) is 51.4 Å². The zero-order valence-electron chi connectivity index (χ0n) is 14.7. The summed E-state index contributed by atoms with van der Waals surface area (Å²) in [6.45, 7) is 2.87. The molecule has 1 aromatic carbocycles. The van der Waals surface area contributed by atoms with Gasteiger partial charge in [-0.3, -0.25) is 9.78 Å². The van der Waals surface area contributed by atoms with Crippen LogP contribution in [-0.2, 0) is 4.79 Å². The third kappa shape index (κ3) is 5.03. The molecule has 1 unspecified atom stereocenters. The molecule has 1 aromatic heterocycles. The van der Waals surface area contributed by atoms with Gasteiger partial charge in [-0.1, -0.05) is 29.8 Å². The van der Waals surface area contributed by atoms with Crippen molar-refractivity contribution in [2.24, 2.45) is 0 Å². The standard InChI is InChI=1S/C18H25N5O/c1-14-5-7-15(8-6-14)16(22(2)3)11-21-18(24)13-23(4)17-12-19-9-10-20-17/h5-10,12,16H,11,13H2,1-4H3,(H,21,24). The molecular formula is C18H25N5O. The second-order valence-electron chi connectivity index (χ2n) is 6.11. The molecule has 0 fully saturated rings. The van der Waals surface area contributed by atoms with E-state index in [1.165, 1.54) is 11.1 Å². The van der Waals surface area contributed by atoms with Crippen LogP contribution in [0.2, 0.25) is 0 Å². The zero-order chi connectivity index (χ0) is 17.5. The van der Waals surface area contributed by atoms with E-state index in [9.17, 15) is 4.79 Å². The van der Waals surface area contributed by atoms with E-state index < -0.39 is 0 Å². The van der Waals surface area contributed by atoms with Gasteiger partial charge < -0.3 is 15.1 Å². The Labute approximate surface area is 143 Å². The Morgan fingerprint density at radius 3 is 2.46 bits per heavy atom. The third-order valence-corrected chi connectivity index (χ3v) is 3.90. The van der Waals surface area contributed by atoms with Gasteiger partial charge in [-0.15, -0.1) is 0 Å². The maximum atomic E-state index is 12.2. The Kier molecular flexibility index (Phi) is 6.26. The van der Waals surface area contributed by atoms with Crippen molar-refractivity contribution in [2.75, 3.05) is 39.1 Å². The van der Waals surface area contributed by atoms with Gasteiger partial charge in [-0.2, -0.15) is 0 Å². The van der Waals surface area contributed by atoms with E-state index in [1.54, 1.807) is 23.5 Å². The van der Waals surface area contributed by atoms with Gasteiger partial charge in [0, 0.05) is 26.0 Å². The quantitative estimate of drug-likeness (QED) is 0.838. The molecule has 1 N–H and O–H groups in total. The van der Waals surface area contributed by atoms with Crippen LogP contribution in [0.5, 0.6) is 0 Å². The van der Waals surface area contributed by atoms with Gasteiger partial charge in [0.2, 0.25) is 5.91 Å². The molecule has 2 aromatic rings. The lowest BCUT2D eigenvalue weighted by Crippen LogP contribution is -2.40. The fourth-order valence-corrected chi connectivity index (χ4v) is 2.44. The summed E-state index contributed by atoms with van der Waals surface area (Å²) < 4.78 is 0. The number of hydrogen-bond donors (Lipinski definition) is 1. The molecule has 0 saturated heterocycles. The summed E-state index contributed by atoms with van der Waals surface area (Å²) in [5.74, 6) is 0.637. The first-order valence-electron chi connectivity index (χ1n) is 7.94. The summed E-state index contributed by atoms with van der Waals surface area (Å²) in [4.78, 5) is 24.3. The van der Waals surface area contributed by atoms with Crippen LogP contribution in [0.25, 0.3) is 0 Å². The largest absolute Gasteiger partial charge is 0.353 e. The molecule has 0 aliphatic rings.